The molecular formula is C41H53N3O3S3. The van der Waals surface area contributed by atoms with E-state index >= 15 is 0 Å². The van der Waals surface area contributed by atoms with E-state index in [2.05, 4.69) is 84.5 Å². The first-order valence-corrected chi connectivity index (χ1v) is 21.7. The Morgan fingerprint density at radius 1 is 0.640 bits per heavy atom. The Morgan fingerprint density at radius 2 is 1.16 bits per heavy atom. The van der Waals surface area contributed by atoms with Gasteiger partial charge in [-0.2, -0.15) is 0 Å². The lowest BCUT2D eigenvalue weighted by molar-refractivity contribution is -0.110. The molecule has 5 aliphatic rings. The number of fused-ring (bicyclic) bond motifs is 3. The Morgan fingerprint density at radius 3 is 1.70 bits per heavy atom. The van der Waals surface area contributed by atoms with Crippen LogP contribution in [0.2, 0.25) is 0 Å². The van der Waals surface area contributed by atoms with Crippen LogP contribution in [0.25, 0.3) is 0 Å². The topological polar surface area (TPSA) is 74.8 Å². The number of hydrogen-bond acceptors (Lipinski definition) is 9. The van der Waals surface area contributed by atoms with E-state index in [1.165, 1.54) is 54.7 Å². The van der Waals surface area contributed by atoms with Crippen LogP contribution in [-0.2, 0) is 28.7 Å². The van der Waals surface area contributed by atoms with Crippen LogP contribution >= 0.6 is 35.3 Å². The predicted molar refractivity (Wildman–Crippen MR) is 208 cm³/mol. The zero-order valence-corrected chi connectivity index (χ0v) is 32.3. The summed E-state index contributed by atoms with van der Waals surface area (Å²) in [5.74, 6) is 4.18. The van der Waals surface area contributed by atoms with E-state index in [4.69, 9.17) is 9.47 Å². The lowest BCUT2D eigenvalue weighted by atomic mass is 9.74. The molecule has 0 spiro atoms. The van der Waals surface area contributed by atoms with Crippen molar-refractivity contribution in [3.8, 4) is 0 Å². The van der Waals surface area contributed by atoms with Gasteiger partial charge in [-0.1, -0.05) is 36.4 Å². The monoisotopic (exact) mass is 731 g/mol. The minimum Gasteiger partial charge on any atom is -0.387 e. The van der Waals surface area contributed by atoms with Crippen molar-refractivity contribution >= 4 is 35.3 Å². The zero-order valence-electron chi connectivity index (χ0n) is 29.8. The largest absolute Gasteiger partial charge is 0.387 e. The molecular weight excluding hydrogens is 679 g/mol. The average Bonchev–Trinajstić information content (AvgIpc) is 3.51. The normalized spacial score (nSPS) is 27.1. The molecule has 8 rings (SSSR count). The number of nitrogens with one attached hydrogen (secondary N) is 3. The lowest BCUT2D eigenvalue weighted by Gasteiger charge is -2.45. The second-order valence-electron chi connectivity index (χ2n) is 15.0. The van der Waals surface area contributed by atoms with Crippen LogP contribution in [-0.4, -0.2) is 73.8 Å². The van der Waals surface area contributed by atoms with Gasteiger partial charge in [0.1, 0.15) is 0 Å². The highest BCUT2D eigenvalue weighted by atomic mass is 32.2. The molecule has 8 atom stereocenters. The molecule has 268 valence electrons. The average molecular weight is 732 g/mol. The van der Waals surface area contributed by atoms with Crippen LogP contribution < -0.4 is 16.0 Å². The lowest BCUT2D eigenvalue weighted by Crippen LogP contribution is -2.49. The maximum atomic E-state index is 11.6. The first-order valence-electron chi connectivity index (χ1n) is 18.7. The molecule has 3 aliphatic heterocycles. The van der Waals surface area contributed by atoms with Crippen molar-refractivity contribution in [2.75, 3.05) is 38.4 Å². The quantitative estimate of drug-likeness (QED) is 0.131. The Kier molecular flexibility index (Phi) is 11.0. The van der Waals surface area contributed by atoms with Crippen LogP contribution in [0.4, 0.5) is 0 Å². The highest BCUT2D eigenvalue weighted by molar-refractivity contribution is 8.00. The number of likely N-dealkylation sites (N-methyl/N-ethyl adjacent to an activating group) is 3. The second-order valence-corrected chi connectivity index (χ2v) is 18.4. The number of ether oxygens (including phenoxy) is 2. The highest BCUT2D eigenvalue weighted by Gasteiger charge is 2.50. The summed E-state index contributed by atoms with van der Waals surface area (Å²) in [5.41, 5.74) is 7.90. The smallest absolute Gasteiger partial charge is 0.0984 e. The maximum Gasteiger partial charge on any atom is 0.0984 e. The molecule has 2 fully saturated rings. The molecule has 0 aromatic heterocycles. The van der Waals surface area contributed by atoms with Gasteiger partial charge in [-0.05, 0) is 124 Å². The highest BCUT2D eigenvalue weighted by Crippen LogP contribution is 2.48. The van der Waals surface area contributed by atoms with Crippen LogP contribution in [0.5, 0.6) is 0 Å². The molecule has 3 aromatic rings. The van der Waals surface area contributed by atoms with Crippen molar-refractivity contribution in [1.29, 1.82) is 0 Å². The molecule has 0 radical (unpaired) electrons. The molecule has 50 heavy (non-hydrogen) atoms. The molecule has 0 bridgehead atoms. The molecule has 8 unspecified atom stereocenters. The van der Waals surface area contributed by atoms with Gasteiger partial charge in [0.15, 0.2) is 0 Å². The second kappa shape index (κ2) is 15.4. The fraction of sp³-hybridized carbons (Fsp3) is 0.561. The Hall–Kier alpha value is -1.53. The van der Waals surface area contributed by atoms with Crippen LogP contribution in [0.1, 0.15) is 77.9 Å². The maximum absolute atomic E-state index is 11.6. The third-order valence-corrected chi connectivity index (χ3v) is 15.2. The molecule has 2 aliphatic carbocycles. The summed E-state index contributed by atoms with van der Waals surface area (Å²) in [7, 11) is 6.12. The summed E-state index contributed by atoms with van der Waals surface area (Å²) in [6, 6.07) is 20.9. The summed E-state index contributed by atoms with van der Waals surface area (Å²) in [5, 5.41) is 22.3. The number of thioether (sulfide) groups is 3. The molecule has 9 heteroatoms. The number of aliphatic hydroxyl groups excluding tert-OH is 1. The standard InChI is InChI=1S/C41H53N3O3S3/c1-23(42-2)40(28-9-6-25-12-15-49-35(25)20-28)46-31-17-30(18-31)37(43-3)41(29-10-7-26-13-16-50-36(26)21-29)47-33-22-32(33)38(44-4)39(45)27-8-5-24-11-14-48-34(24)19-27/h5-10,19-21,23,30-33,37-45H,11-18,22H2,1-4H3. The molecule has 3 heterocycles. The summed E-state index contributed by atoms with van der Waals surface area (Å²) in [4.78, 5) is 4.15. The Labute approximate surface area is 311 Å². The van der Waals surface area contributed by atoms with Gasteiger partial charge in [-0.15, -0.1) is 35.3 Å². The number of aliphatic hydroxyl groups is 1. The fourth-order valence-corrected chi connectivity index (χ4v) is 12.0. The summed E-state index contributed by atoms with van der Waals surface area (Å²) >= 11 is 5.85. The zero-order chi connectivity index (χ0) is 34.4. The SMILES string of the molecule is CNC(C)C(OC1CC(C(NC)C(OC2CC2C(NC)C(O)c2ccc3c(c2)SCC3)c2ccc3c(c2)SCC3)C1)c1ccc2c(c1)SCC2. The van der Waals surface area contributed by atoms with E-state index in [1.54, 1.807) is 0 Å². The molecule has 0 amide bonds. The number of rotatable bonds is 15. The van der Waals surface area contributed by atoms with E-state index < -0.39 is 6.10 Å². The van der Waals surface area contributed by atoms with Crippen molar-refractivity contribution in [3.63, 3.8) is 0 Å². The summed E-state index contributed by atoms with van der Waals surface area (Å²) in [6.07, 6.45) is 6.11. The number of aryl methyl sites for hydroxylation is 3. The summed E-state index contributed by atoms with van der Waals surface area (Å²) in [6.45, 7) is 2.23. The van der Waals surface area contributed by atoms with Crippen LogP contribution in [0, 0.1) is 11.8 Å². The van der Waals surface area contributed by atoms with Crippen molar-refractivity contribution < 1.29 is 14.6 Å². The van der Waals surface area contributed by atoms with E-state index in [-0.39, 0.29) is 48.5 Å². The van der Waals surface area contributed by atoms with E-state index in [0.29, 0.717) is 5.92 Å². The first kappa shape index (κ1) is 35.5. The molecule has 4 N–H and O–H groups in total. The van der Waals surface area contributed by atoms with Gasteiger partial charge in [0.25, 0.3) is 0 Å². The van der Waals surface area contributed by atoms with Crippen molar-refractivity contribution in [1.82, 2.24) is 16.0 Å². The third kappa shape index (κ3) is 7.21. The number of hydrogen-bond donors (Lipinski definition) is 4. The van der Waals surface area contributed by atoms with Crippen molar-refractivity contribution in [2.45, 2.75) is 109 Å². The fourth-order valence-electron chi connectivity index (χ4n) is 8.67. The Bertz CT molecular complexity index is 1670. The van der Waals surface area contributed by atoms with E-state index in [1.807, 2.05) is 49.4 Å². The number of benzene rings is 3. The molecule has 2 saturated carbocycles. The minimum atomic E-state index is -0.568. The minimum absolute atomic E-state index is 0.0210. The van der Waals surface area contributed by atoms with Crippen LogP contribution in [0.3, 0.4) is 0 Å². The molecule has 6 nitrogen and oxygen atoms in total. The van der Waals surface area contributed by atoms with Gasteiger partial charge in [-0.25, -0.2) is 0 Å². The Balaban J connectivity index is 0.972. The van der Waals surface area contributed by atoms with E-state index in [9.17, 15) is 5.11 Å². The van der Waals surface area contributed by atoms with Crippen molar-refractivity contribution in [2.24, 2.45) is 11.8 Å². The summed E-state index contributed by atoms with van der Waals surface area (Å²) < 4.78 is 14.1. The molecule has 3 aromatic carbocycles. The predicted octanol–water partition coefficient (Wildman–Crippen LogP) is 7.13. The van der Waals surface area contributed by atoms with Gasteiger partial charge in [0, 0.05) is 56.0 Å². The molecule has 0 saturated heterocycles. The van der Waals surface area contributed by atoms with Crippen LogP contribution in [0.15, 0.2) is 69.3 Å². The van der Waals surface area contributed by atoms with Gasteiger partial charge < -0.3 is 30.5 Å². The van der Waals surface area contributed by atoms with Crippen molar-refractivity contribution in [3.05, 3.63) is 88.0 Å². The van der Waals surface area contributed by atoms with Gasteiger partial charge in [0.05, 0.1) is 30.5 Å². The third-order valence-electron chi connectivity index (χ3n) is 11.9. The van der Waals surface area contributed by atoms with Gasteiger partial charge in [-0.3, -0.25) is 0 Å². The van der Waals surface area contributed by atoms with E-state index in [0.717, 1.165) is 49.2 Å². The van der Waals surface area contributed by atoms with Gasteiger partial charge in [0.2, 0.25) is 0 Å². The first-order chi connectivity index (χ1) is 24.4. The van der Waals surface area contributed by atoms with Gasteiger partial charge >= 0.3 is 0 Å².